The van der Waals surface area contributed by atoms with Crippen molar-refractivity contribution in [3.05, 3.63) is 155 Å². The first-order valence-electron chi connectivity index (χ1n) is 23.5. The minimum atomic E-state index is -1.74. The number of H-pyrrole nitrogens is 1. The molecule has 5 atom stereocenters. The Bertz CT molecular complexity index is 2620. The number of fused-ring (bicyclic) bond motifs is 1. The number of rotatable bonds is 24. The Balaban J connectivity index is 1.28. The maximum absolute atomic E-state index is 13.6. The third kappa shape index (κ3) is 11.6. The first-order chi connectivity index (χ1) is 33.8. The molecule has 0 aliphatic carbocycles. The van der Waals surface area contributed by atoms with Gasteiger partial charge in [0.05, 0.1) is 33.8 Å². The number of hydrogen-bond donors (Lipinski definition) is 2. The van der Waals surface area contributed by atoms with E-state index in [0.29, 0.717) is 36.2 Å². The molecule has 2 aromatic heterocycles. The molecule has 70 heavy (non-hydrogen) atoms. The smallest absolute Gasteiger partial charge is 0.280 e. The molecule has 3 heterocycles. The Morgan fingerprint density at radius 1 is 0.857 bits per heavy atom. The zero-order chi connectivity index (χ0) is 50.0. The van der Waals surface area contributed by atoms with Crippen LogP contribution >= 0.6 is 8.53 Å². The van der Waals surface area contributed by atoms with Gasteiger partial charge in [0.1, 0.15) is 41.2 Å². The SMILES string of the molecule is C=CCCOP(OC1C(COC(c2ccccc2)(c2ccc(OC)cc2)c2ccc(OC)cc2)OC(n2cnc3c(=O)[nH]c(NC(=O)COc4ccc(C(C)C)cc4)nc32)C1OC)N(C(C)C)C(C)C. The van der Waals surface area contributed by atoms with Crippen LogP contribution in [0.2, 0.25) is 0 Å². The zero-order valence-electron chi connectivity index (χ0n) is 41.4. The lowest BCUT2D eigenvalue weighted by Gasteiger charge is -2.39. The molecule has 0 bridgehead atoms. The summed E-state index contributed by atoms with van der Waals surface area (Å²) in [7, 11) is 3.10. The summed E-state index contributed by atoms with van der Waals surface area (Å²) in [4.78, 5) is 38.6. The molecule has 0 spiro atoms. The molecule has 1 amide bonds. The predicted octanol–water partition coefficient (Wildman–Crippen LogP) is 9.52. The van der Waals surface area contributed by atoms with E-state index >= 15 is 0 Å². The molecular formula is C53H65N6O10P. The number of methoxy groups -OCH3 is 3. The molecule has 1 aliphatic heterocycles. The van der Waals surface area contributed by atoms with E-state index in [1.165, 1.54) is 6.33 Å². The number of carbonyl (C=O) groups is 1. The van der Waals surface area contributed by atoms with E-state index in [9.17, 15) is 9.59 Å². The normalized spacial score (nSPS) is 17.7. The standard InChI is InChI=1S/C53H65N6O10P/c1-11-12-30-67-70(59(35(4)5)36(6)7)69-47-44(31-66-53(38-16-14-13-15-17-38,39-20-26-41(62-8)27-21-39)40-22-28-42(63-9)29-23-40)68-51(48(47)64-10)58-33-54-46-49(58)56-52(57-50(46)61)55-45(60)32-65-43-24-18-37(19-25-43)34(2)3/h11,13-29,33-36,44,47-48,51H,1,12,30-32H2,2-10H3,(H2,55,56,57,60,61). The summed E-state index contributed by atoms with van der Waals surface area (Å²) in [5, 5.41) is 2.68. The molecule has 1 aliphatic rings. The Labute approximate surface area is 411 Å². The van der Waals surface area contributed by atoms with Crippen LogP contribution in [0, 0.1) is 0 Å². The molecule has 6 aromatic rings. The quantitative estimate of drug-likeness (QED) is 0.0255. The van der Waals surface area contributed by atoms with Crippen LogP contribution in [0.25, 0.3) is 11.2 Å². The summed E-state index contributed by atoms with van der Waals surface area (Å²) in [6.07, 6.45) is 0.444. The zero-order valence-corrected chi connectivity index (χ0v) is 42.3. The fraction of sp³-hybridized carbons (Fsp3) is 0.396. The average molecular weight is 977 g/mol. The van der Waals surface area contributed by atoms with E-state index in [0.717, 1.165) is 22.3 Å². The minimum absolute atomic E-state index is 0.0259. The van der Waals surface area contributed by atoms with Crippen molar-refractivity contribution in [2.45, 2.75) is 96.1 Å². The fourth-order valence-electron chi connectivity index (χ4n) is 8.61. The average Bonchev–Trinajstić information content (AvgIpc) is 3.95. The molecule has 5 unspecified atom stereocenters. The molecule has 4 aromatic carbocycles. The van der Waals surface area contributed by atoms with Gasteiger partial charge in [-0.25, -0.2) is 9.65 Å². The van der Waals surface area contributed by atoms with E-state index in [2.05, 4.69) is 68.1 Å². The number of nitrogens with zero attached hydrogens (tertiary/aromatic N) is 4. The van der Waals surface area contributed by atoms with Crippen LogP contribution in [-0.2, 0) is 33.7 Å². The first-order valence-corrected chi connectivity index (χ1v) is 24.6. The van der Waals surface area contributed by atoms with Crippen LogP contribution in [-0.4, -0.2) is 102 Å². The number of imidazole rings is 1. The molecule has 17 heteroatoms. The third-order valence-electron chi connectivity index (χ3n) is 12.1. The summed E-state index contributed by atoms with van der Waals surface area (Å²) in [5.74, 6) is 1.63. The number of anilines is 1. The second-order valence-corrected chi connectivity index (χ2v) is 19.1. The second kappa shape index (κ2) is 23.8. The summed E-state index contributed by atoms with van der Waals surface area (Å²) >= 11 is 0. The van der Waals surface area contributed by atoms with Crippen molar-refractivity contribution < 1.29 is 42.3 Å². The van der Waals surface area contributed by atoms with Crippen molar-refractivity contribution in [3.63, 3.8) is 0 Å². The van der Waals surface area contributed by atoms with Gasteiger partial charge in [-0.1, -0.05) is 86.7 Å². The summed E-state index contributed by atoms with van der Waals surface area (Å²) in [6, 6.07) is 33.2. The van der Waals surface area contributed by atoms with Crippen molar-refractivity contribution in [1.29, 1.82) is 0 Å². The number of benzene rings is 4. The highest BCUT2D eigenvalue weighted by atomic mass is 31.2. The number of aromatic nitrogens is 4. The predicted molar refractivity (Wildman–Crippen MR) is 270 cm³/mol. The largest absolute Gasteiger partial charge is 0.497 e. The highest BCUT2D eigenvalue weighted by Crippen LogP contribution is 2.51. The molecule has 7 rings (SSSR count). The summed E-state index contributed by atoms with van der Waals surface area (Å²) < 4.78 is 55.4. The van der Waals surface area contributed by atoms with E-state index in [4.69, 9.17) is 42.5 Å². The molecule has 1 saturated heterocycles. The van der Waals surface area contributed by atoms with Gasteiger partial charge in [0.15, 0.2) is 24.0 Å². The van der Waals surface area contributed by atoms with Crippen molar-refractivity contribution in [3.8, 4) is 17.2 Å². The second-order valence-electron chi connectivity index (χ2n) is 17.7. The van der Waals surface area contributed by atoms with Gasteiger partial charge in [0, 0.05) is 19.2 Å². The van der Waals surface area contributed by atoms with E-state index < -0.39 is 50.1 Å². The van der Waals surface area contributed by atoms with E-state index in [1.807, 2.05) is 103 Å². The molecule has 0 saturated carbocycles. The molecule has 1 fully saturated rings. The highest BCUT2D eigenvalue weighted by molar-refractivity contribution is 7.44. The van der Waals surface area contributed by atoms with Crippen molar-refractivity contribution in [2.24, 2.45) is 0 Å². The van der Waals surface area contributed by atoms with Crippen LogP contribution in [0.1, 0.15) is 82.4 Å². The number of amides is 1. The van der Waals surface area contributed by atoms with Gasteiger partial charge in [0.2, 0.25) is 5.95 Å². The van der Waals surface area contributed by atoms with Gasteiger partial charge < -0.3 is 37.5 Å². The third-order valence-corrected chi connectivity index (χ3v) is 14.2. The van der Waals surface area contributed by atoms with Crippen LogP contribution in [0.3, 0.4) is 0 Å². The molecular weight excluding hydrogens is 912 g/mol. The molecule has 372 valence electrons. The molecule has 0 radical (unpaired) electrons. The van der Waals surface area contributed by atoms with Crippen molar-refractivity contribution in [2.75, 3.05) is 46.5 Å². The van der Waals surface area contributed by atoms with Crippen LogP contribution in [0.4, 0.5) is 5.95 Å². The van der Waals surface area contributed by atoms with Gasteiger partial charge in [-0.2, -0.15) is 4.98 Å². The van der Waals surface area contributed by atoms with Gasteiger partial charge >= 0.3 is 0 Å². The van der Waals surface area contributed by atoms with Crippen molar-refractivity contribution >= 4 is 31.5 Å². The Morgan fingerprint density at radius 2 is 1.46 bits per heavy atom. The Morgan fingerprint density at radius 3 is 2.01 bits per heavy atom. The topological polar surface area (TPSA) is 170 Å². The Kier molecular flexibility index (Phi) is 17.6. The van der Waals surface area contributed by atoms with Gasteiger partial charge in [-0.05, 0) is 98.7 Å². The van der Waals surface area contributed by atoms with E-state index in [-0.39, 0.29) is 42.4 Å². The first kappa shape index (κ1) is 51.9. The summed E-state index contributed by atoms with van der Waals surface area (Å²) in [5.41, 5.74) is 2.05. The number of ether oxygens (including phenoxy) is 6. The molecule has 2 N–H and O–H groups in total. The number of nitrogens with one attached hydrogen (secondary N) is 2. The van der Waals surface area contributed by atoms with Gasteiger partial charge in [0.25, 0.3) is 20.0 Å². The minimum Gasteiger partial charge on any atom is -0.497 e. The van der Waals surface area contributed by atoms with Gasteiger partial charge in [-0.15, -0.1) is 6.58 Å². The van der Waals surface area contributed by atoms with Crippen LogP contribution < -0.4 is 25.1 Å². The summed E-state index contributed by atoms with van der Waals surface area (Å²) in [6.45, 7) is 16.5. The van der Waals surface area contributed by atoms with Crippen molar-refractivity contribution in [1.82, 2.24) is 24.2 Å². The maximum atomic E-state index is 13.6. The number of hydrogen-bond acceptors (Lipinski definition) is 13. The lowest BCUT2D eigenvalue weighted by atomic mass is 9.80. The number of aromatic amines is 1. The monoisotopic (exact) mass is 976 g/mol. The van der Waals surface area contributed by atoms with E-state index in [1.54, 1.807) is 32.0 Å². The van der Waals surface area contributed by atoms with Crippen LogP contribution in [0.5, 0.6) is 17.2 Å². The fourth-order valence-corrected chi connectivity index (χ4v) is 10.4. The van der Waals surface area contributed by atoms with Gasteiger partial charge in [-0.3, -0.25) is 24.5 Å². The number of carbonyl (C=O) groups excluding carboxylic acids is 1. The Hall–Kier alpha value is -5.97. The lowest BCUT2D eigenvalue weighted by Crippen LogP contribution is -2.42. The van der Waals surface area contributed by atoms with Crippen LogP contribution in [0.15, 0.2) is 127 Å². The maximum Gasteiger partial charge on any atom is 0.280 e. The highest BCUT2D eigenvalue weighted by Gasteiger charge is 2.51. The molecule has 16 nitrogen and oxygen atoms in total. The lowest BCUT2D eigenvalue weighted by molar-refractivity contribution is -0.118.